The predicted molar refractivity (Wildman–Crippen MR) is 53.9 cm³/mol. The third-order valence-corrected chi connectivity index (χ3v) is 1.57. The molecule has 6 heteroatoms. The summed E-state index contributed by atoms with van der Waals surface area (Å²) < 4.78 is 9.77. The average molecular weight is 225 g/mol. The molecular weight excluding hydrogens is 214 g/mol. The van der Waals surface area contributed by atoms with Crippen LogP contribution in [0.2, 0.25) is 0 Å². The summed E-state index contributed by atoms with van der Waals surface area (Å²) in [4.78, 5) is 21.4. The average Bonchev–Trinajstić information content (AvgIpc) is 2.27. The van der Waals surface area contributed by atoms with E-state index in [0.29, 0.717) is 0 Å². The fourth-order valence-electron chi connectivity index (χ4n) is 0.958. The van der Waals surface area contributed by atoms with Gasteiger partial charge in [-0.25, -0.2) is 4.79 Å². The number of hydrogen-bond donors (Lipinski definition) is 2. The maximum Gasteiger partial charge on any atom is 0.337 e. The number of primary amides is 1. The van der Waals surface area contributed by atoms with E-state index in [-0.39, 0.29) is 18.1 Å². The Morgan fingerprint density at radius 1 is 1.25 bits per heavy atom. The van der Waals surface area contributed by atoms with Crippen LogP contribution in [0, 0.1) is 0 Å². The van der Waals surface area contributed by atoms with E-state index in [2.05, 4.69) is 0 Å². The summed E-state index contributed by atoms with van der Waals surface area (Å²) in [6.45, 7) is -1.04. The first-order chi connectivity index (χ1) is 7.63. The number of benzene rings is 1. The number of carbonyl (C=O) groups excluding carboxylic acids is 2. The van der Waals surface area contributed by atoms with Crippen LogP contribution in [0.3, 0.4) is 0 Å². The maximum atomic E-state index is 10.9. The van der Waals surface area contributed by atoms with Gasteiger partial charge < -0.3 is 20.3 Å². The number of rotatable bonds is 5. The molecular formula is C10H11NO5. The number of amides is 1. The maximum absolute atomic E-state index is 10.9. The standard InChI is InChI=1S/C10H11NO5/c11-9(13)6-15-7-3-1-2-4-8(7)16-10(14)5-12/h1-4,12H,5-6H2,(H2,11,13). The number of aliphatic hydroxyl groups excluding tert-OH is 1. The van der Waals surface area contributed by atoms with E-state index in [4.69, 9.17) is 20.3 Å². The van der Waals surface area contributed by atoms with E-state index in [1.807, 2.05) is 0 Å². The number of nitrogens with two attached hydrogens (primary N) is 1. The molecule has 0 unspecified atom stereocenters. The molecule has 0 heterocycles. The van der Waals surface area contributed by atoms with Gasteiger partial charge in [0.1, 0.15) is 6.61 Å². The summed E-state index contributed by atoms with van der Waals surface area (Å²) in [5, 5.41) is 8.52. The molecule has 1 aromatic carbocycles. The molecule has 0 saturated carbocycles. The van der Waals surface area contributed by atoms with Crippen molar-refractivity contribution in [3.05, 3.63) is 24.3 Å². The minimum absolute atomic E-state index is 0.128. The van der Waals surface area contributed by atoms with Crippen LogP contribution in [-0.2, 0) is 9.59 Å². The van der Waals surface area contributed by atoms with E-state index in [1.165, 1.54) is 12.1 Å². The van der Waals surface area contributed by atoms with Crippen molar-refractivity contribution in [1.82, 2.24) is 0 Å². The van der Waals surface area contributed by atoms with Crippen LogP contribution in [0.4, 0.5) is 0 Å². The molecule has 1 rings (SSSR count). The highest BCUT2D eigenvalue weighted by Crippen LogP contribution is 2.26. The van der Waals surface area contributed by atoms with Gasteiger partial charge >= 0.3 is 5.97 Å². The topological polar surface area (TPSA) is 98.9 Å². The summed E-state index contributed by atoms with van der Waals surface area (Å²) in [5.74, 6) is -1.11. The SMILES string of the molecule is NC(=O)COc1ccccc1OC(=O)CO. The quantitative estimate of drug-likeness (QED) is 0.517. The summed E-state index contributed by atoms with van der Waals surface area (Å²) >= 11 is 0. The van der Waals surface area contributed by atoms with Crippen molar-refractivity contribution in [2.75, 3.05) is 13.2 Å². The Kier molecular flexibility index (Phi) is 4.28. The Balaban J connectivity index is 2.74. The second-order valence-electron chi connectivity index (χ2n) is 2.83. The summed E-state index contributed by atoms with van der Waals surface area (Å²) in [5.41, 5.74) is 4.91. The van der Waals surface area contributed by atoms with Gasteiger partial charge in [-0.1, -0.05) is 12.1 Å². The number of para-hydroxylation sites is 2. The molecule has 0 atom stereocenters. The minimum atomic E-state index is -0.810. The highest BCUT2D eigenvalue weighted by molar-refractivity contribution is 5.76. The molecule has 0 aromatic heterocycles. The lowest BCUT2D eigenvalue weighted by molar-refractivity contribution is -0.137. The fourth-order valence-corrected chi connectivity index (χ4v) is 0.958. The molecule has 3 N–H and O–H groups in total. The second-order valence-corrected chi connectivity index (χ2v) is 2.83. The van der Waals surface area contributed by atoms with Crippen molar-refractivity contribution < 1.29 is 24.2 Å². The monoisotopic (exact) mass is 225 g/mol. The highest BCUT2D eigenvalue weighted by atomic mass is 16.6. The lowest BCUT2D eigenvalue weighted by Gasteiger charge is -2.09. The van der Waals surface area contributed by atoms with E-state index < -0.39 is 18.5 Å². The molecule has 86 valence electrons. The van der Waals surface area contributed by atoms with Gasteiger partial charge in [0, 0.05) is 0 Å². The fraction of sp³-hybridized carbons (Fsp3) is 0.200. The summed E-state index contributed by atoms with van der Waals surface area (Å²) in [7, 11) is 0. The van der Waals surface area contributed by atoms with Gasteiger partial charge in [-0.15, -0.1) is 0 Å². The zero-order valence-electron chi connectivity index (χ0n) is 8.38. The van der Waals surface area contributed by atoms with Crippen LogP contribution in [0.1, 0.15) is 0 Å². The van der Waals surface area contributed by atoms with E-state index in [9.17, 15) is 9.59 Å². The zero-order chi connectivity index (χ0) is 12.0. The first-order valence-electron chi connectivity index (χ1n) is 4.45. The van der Waals surface area contributed by atoms with Gasteiger partial charge in [-0.2, -0.15) is 0 Å². The van der Waals surface area contributed by atoms with Crippen molar-refractivity contribution >= 4 is 11.9 Å². The lowest BCUT2D eigenvalue weighted by Crippen LogP contribution is -2.20. The first-order valence-corrected chi connectivity index (χ1v) is 4.45. The van der Waals surface area contributed by atoms with Crippen molar-refractivity contribution in [1.29, 1.82) is 0 Å². The van der Waals surface area contributed by atoms with Crippen LogP contribution in [0.25, 0.3) is 0 Å². The van der Waals surface area contributed by atoms with Gasteiger partial charge in [0.15, 0.2) is 18.1 Å². The molecule has 1 amide bonds. The van der Waals surface area contributed by atoms with Crippen molar-refractivity contribution in [3.63, 3.8) is 0 Å². The number of aliphatic hydroxyl groups is 1. The Labute approximate surface area is 91.6 Å². The van der Waals surface area contributed by atoms with Gasteiger partial charge in [0.25, 0.3) is 5.91 Å². The summed E-state index contributed by atoms with van der Waals surface area (Å²) in [6, 6.07) is 6.26. The molecule has 0 bridgehead atoms. The molecule has 1 aromatic rings. The van der Waals surface area contributed by atoms with Crippen LogP contribution in [-0.4, -0.2) is 30.2 Å². The number of ether oxygens (including phenoxy) is 2. The second kappa shape index (κ2) is 5.72. The zero-order valence-corrected chi connectivity index (χ0v) is 8.38. The highest BCUT2D eigenvalue weighted by Gasteiger charge is 2.09. The third-order valence-electron chi connectivity index (χ3n) is 1.57. The normalized spacial score (nSPS) is 9.56. The largest absolute Gasteiger partial charge is 0.480 e. The van der Waals surface area contributed by atoms with E-state index in [0.717, 1.165) is 0 Å². The molecule has 0 aliphatic rings. The Morgan fingerprint density at radius 3 is 2.44 bits per heavy atom. The van der Waals surface area contributed by atoms with Crippen molar-refractivity contribution in [2.45, 2.75) is 0 Å². The number of esters is 1. The van der Waals surface area contributed by atoms with Crippen LogP contribution in [0.5, 0.6) is 11.5 Å². The molecule has 0 fully saturated rings. The smallest absolute Gasteiger partial charge is 0.337 e. The van der Waals surface area contributed by atoms with Crippen molar-refractivity contribution in [3.8, 4) is 11.5 Å². The molecule has 0 radical (unpaired) electrons. The number of hydrogen-bond acceptors (Lipinski definition) is 5. The van der Waals surface area contributed by atoms with Crippen LogP contribution in [0.15, 0.2) is 24.3 Å². The van der Waals surface area contributed by atoms with E-state index in [1.54, 1.807) is 12.1 Å². The minimum Gasteiger partial charge on any atom is -0.480 e. The molecule has 0 spiro atoms. The van der Waals surface area contributed by atoms with Gasteiger partial charge in [0.2, 0.25) is 0 Å². The van der Waals surface area contributed by atoms with Crippen LogP contribution >= 0.6 is 0 Å². The lowest BCUT2D eigenvalue weighted by atomic mass is 10.3. The molecule has 16 heavy (non-hydrogen) atoms. The molecule has 0 aliphatic heterocycles. The third kappa shape index (κ3) is 3.58. The first kappa shape index (κ1) is 12.0. The molecule has 6 nitrogen and oxygen atoms in total. The number of carbonyl (C=O) groups is 2. The van der Waals surface area contributed by atoms with Gasteiger partial charge in [0.05, 0.1) is 0 Å². The van der Waals surface area contributed by atoms with Crippen molar-refractivity contribution in [2.24, 2.45) is 5.73 Å². The van der Waals surface area contributed by atoms with Gasteiger partial charge in [-0.3, -0.25) is 4.79 Å². The predicted octanol–water partition coefficient (Wildman–Crippen LogP) is -0.552. The Morgan fingerprint density at radius 2 is 1.88 bits per heavy atom. The molecule has 0 saturated heterocycles. The molecule has 0 aliphatic carbocycles. The Hall–Kier alpha value is -2.08. The van der Waals surface area contributed by atoms with Crippen LogP contribution < -0.4 is 15.2 Å². The summed E-state index contributed by atoms with van der Waals surface area (Å²) in [6.07, 6.45) is 0. The van der Waals surface area contributed by atoms with Gasteiger partial charge in [-0.05, 0) is 12.1 Å². The van der Waals surface area contributed by atoms with E-state index >= 15 is 0 Å². The Bertz CT molecular complexity index is 391.